The third-order valence-electron chi connectivity index (χ3n) is 6.94. The van der Waals surface area contributed by atoms with Crippen molar-refractivity contribution in [1.29, 1.82) is 0 Å². The third-order valence-corrected chi connectivity index (χ3v) is 6.94. The van der Waals surface area contributed by atoms with Gasteiger partial charge in [0, 0.05) is 43.0 Å². The van der Waals surface area contributed by atoms with Crippen LogP contribution in [0.5, 0.6) is 0 Å². The first-order valence-electron chi connectivity index (χ1n) is 13.5. The first kappa shape index (κ1) is 25.7. The minimum Gasteiger partial charge on any atom is -0.466 e. The zero-order valence-corrected chi connectivity index (χ0v) is 22.2. The number of methoxy groups -OCH3 is 1. The molecular weight excluding hydrogens is 479 g/mol. The molecule has 1 aliphatic rings. The minimum atomic E-state index is -1.27. The summed E-state index contributed by atoms with van der Waals surface area (Å²) < 4.78 is 29.3. The lowest BCUT2D eigenvalue weighted by molar-refractivity contribution is -0.134. The van der Waals surface area contributed by atoms with Gasteiger partial charge in [0.2, 0.25) is 5.91 Å². The molecule has 0 heterocycles. The van der Waals surface area contributed by atoms with E-state index in [1.807, 2.05) is 43.3 Å². The largest absolute Gasteiger partial charge is 0.466 e. The zero-order chi connectivity index (χ0) is 27.9. The van der Waals surface area contributed by atoms with E-state index in [1.54, 1.807) is 42.5 Å². The molecule has 1 aliphatic carbocycles. The van der Waals surface area contributed by atoms with E-state index in [4.69, 9.17) is 1.37 Å². The Morgan fingerprint density at radius 2 is 1.68 bits per heavy atom. The number of carbonyl (C=O) groups is 2. The maximum atomic E-state index is 15.6. The minimum absolute atomic E-state index is 0.128. The molecule has 0 saturated heterocycles. The molecule has 3 aromatic carbocycles. The van der Waals surface area contributed by atoms with Crippen LogP contribution in [-0.4, -0.2) is 33.1 Å². The Kier molecular flexibility index (Phi) is 8.49. The number of rotatable bonds is 8. The molecule has 0 aliphatic heterocycles. The molecule has 4 rings (SSSR count). The van der Waals surface area contributed by atoms with Gasteiger partial charge in [0.25, 0.3) is 0 Å². The van der Waals surface area contributed by atoms with Gasteiger partial charge >= 0.3 is 5.97 Å². The van der Waals surface area contributed by atoms with Gasteiger partial charge in [-0.2, -0.15) is 0 Å². The normalized spacial score (nSPS) is 15.1. The molecule has 3 aromatic rings. The van der Waals surface area contributed by atoms with E-state index in [0.29, 0.717) is 16.8 Å². The maximum absolute atomic E-state index is 15.6. The monoisotopic (exact) mass is 515 g/mol. The first-order valence-corrected chi connectivity index (χ1v) is 13.0. The summed E-state index contributed by atoms with van der Waals surface area (Å²) in [6, 6.07) is 19.7. The van der Waals surface area contributed by atoms with Crippen LogP contribution in [0.4, 0.5) is 15.8 Å². The van der Waals surface area contributed by atoms with Crippen LogP contribution in [0, 0.1) is 11.7 Å². The third kappa shape index (κ3) is 6.68. The molecule has 5 nitrogen and oxygen atoms in total. The Morgan fingerprint density at radius 1 is 0.974 bits per heavy atom. The van der Waals surface area contributed by atoms with E-state index >= 15 is 4.39 Å². The molecule has 0 radical (unpaired) electrons. The number of amides is 1. The lowest BCUT2D eigenvalue weighted by Crippen LogP contribution is -2.37. The van der Waals surface area contributed by atoms with Gasteiger partial charge in [0.05, 0.1) is 15.0 Å². The SMILES string of the molecule is [2H][C@@H](c1ccc(-c2ccc(N(C)C)cc2)cc1F)N(C(=O)C1CCCCC1)c1cccc(/C=C/C(=O)OC)c1. The highest BCUT2D eigenvalue weighted by Crippen LogP contribution is 2.31. The van der Waals surface area contributed by atoms with Crippen LogP contribution < -0.4 is 9.80 Å². The number of nitrogens with zero attached hydrogens (tertiary/aromatic N) is 2. The second-order valence-electron chi connectivity index (χ2n) is 9.80. The summed E-state index contributed by atoms with van der Waals surface area (Å²) in [5.74, 6) is -1.41. The highest BCUT2D eigenvalue weighted by atomic mass is 19.1. The fourth-order valence-corrected chi connectivity index (χ4v) is 4.72. The second kappa shape index (κ2) is 12.5. The van der Waals surface area contributed by atoms with E-state index in [-0.39, 0.29) is 17.4 Å². The molecule has 0 N–H and O–H groups in total. The first-order chi connectivity index (χ1) is 18.8. The van der Waals surface area contributed by atoms with Gasteiger partial charge < -0.3 is 14.5 Å². The predicted octanol–water partition coefficient (Wildman–Crippen LogP) is 6.86. The molecule has 0 spiro atoms. The summed E-state index contributed by atoms with van der Waals surface area (Å²) in [5.41, 5.74) is 3.90. The van der Waals surface area contributed by atoms with Crippen LogP contribution >= 0.6 is 0 Å². The molecule has 1 amide bonds. The topological polar surface area (TPSA) is 49.9 Å². The van der Waals surface area contributed by atoms with Crippen molar-refractivity contribution < 1.29 is 20.1 Å². The van der Waals surface area contributed by atoms with Crippen molar-refractivity contribution in [2.75, 3.05) is 31.0 Å². The summed E-state index contributed by atoms with van der Waals surface area (Å²) in [6.45, 7) is -1.27. The summed E-state index contributed by atoms with van der Waals surface area (Å²) in [7, 11) is 5.23. The van der Waals surface area contributed by atoms with E-state index in [0.717, 1.165) is 43.4 Å². The number of benzene rings is 3. The van der Waals surface area contributed by atoms with E-state index in [9.17, 15) is 9.59 Å². The van der Waals surface area contributed by atoms with E-state index in [2.05, 4.69) is 4.74 Å². The van der Waals surface area contributed by atoms with Gasteiger partial charge in [-0.25, -0.2) is 9.18 Å². The number of hydrogen-bond acceptors (Lipinski definition) is 4. The molecule has 1 saturated carbocycles. The smallest absolute Gasteiger partial charge is 0.330 e. The van der Waals surface area contributed by atoms with Crippen LogP contribution in [0.1, 0.15) is 44.6 Å². The maximum Gasteiger partial charge on any atom is 0.330 e. The molecule has 38 heavy (non-hydrogen) atoms. The molecule has 0 unspecified atom stereocenters. The average Bonchev–Trinajstić information content (AvgIpc) is 2.96. The van der Waals surface area contributed by atoms with Crippen molar-refractivity contribution in [1.82, 2.24) is 0 Å². The van der Waals surface area contributed by atoms with Crippen molar-refractivity contribution in [3.05, 3.63) is 89.8 Å². The van der Waals surface area contributed by atoms with Gasteiger partial charge in [-0.3, -0.25) is 4.79 Å². The second-order valence-corrected chi connectivity index (χ2v) is 9.80. The predicted molar refractivity (Wildman–Crippen MR) is 151 cm³/mol. The lowest BCUT2D eigenvalue weighted by Gasteiger charge is -2.30. The Labute approximate surface area is 225 Å². The van der Waals surface area contributed by atoms with Crippen LogP contribution in [0.2, 0.25) is 0 Å². The van der Waals surface area contributed by atoms with Gasteiger partial charge in [-0.15, -0.1) is 0 Å². The fourth-order valence-electron chi connectivity index (χ4n) is 4.72. The molecule has 6 heteroatoms. The van der Waals surface area contributed by atoms with Gasteiger partial charge in [-0.05, 0) is 65.9 Å². The lowest BCUT2D eigenvalue weighted by atomic mass is 9.88. The van der Waals surface area contributed by atoms with Crippen molar-refractivity contribution in [3.8, 4) is 11.1 Å². The van der Waals surface area contributed by atoms with Crippen molar-refractivity contribution in [2.45, 2.75) is 38.6 Å². The Balaban J connectivity index is 1.68. The van der Waals surface area contributed by atoms with Gasteiger partial charge in [-0.1, -0.05) is 55.7 Å². The zero-order valence-electron chi connectivity index (χ0n) is 23.2. The van der Waals surface area contributed by atoms with Gasteiger partial charge in [0.1, 0.15) is 5.82 Å². The molecule has 1 fully saturated rings. The summed E-state index contributed by atoms with van der Waals surface area (Å²) >= 11 is 0. The van der Waals surface area contributed by atoms with Gasteiger partial charge in [0.15, 0.2) is 0 Å². The highest BCUT2D eigenvalue weighted by Gasteiger charge is 2.28. The molecule has 0 bridgehead atoms. The number of anilines is 2. The van der Waals surface area contributed by atoms with Crippen molar-refractivity contribution >= 4 is 29.3 Å². The molecular formula is C32H35FN2O3. The van der Waals surface area contributed by atoms with E-state index in [1.165, 1.54) is 24.2 Å². The standard InChI is InChI=1S/C32H35FN2O3/c1-34(2)28-17-15-24(16-18-28)26-13-14-27(30(33)21-26)22-35(32(37)25-9-5-4-6-10-25)29-11-7-8-23(20-29)12-19-31(36)38-3/h7-8,11-21,25H,4-6,9-10,22H2,1-3H3/b19-12+/i22D/t22-/m0/s1. The fraction of sp³-hybridized carbons (Fsp3) is 0.312. The van der Waals surface area contributed by atoms with Crippen molar-refractivity contribution in [3.63, 3.8) is 0 Å². The number of esters is 1. The van der Waals surface area contributed by atoms with Crippen LogP contribution in [0.3, 0.4) is 0 Å². The quantitative estimate of drug-likeness (QED) is 0.243. The number of ether oxygens (including phenoxy) is 1. The number of halogens is 1. The number of carbonyl (C=O) groups excluding carboxylic acids is 2. The highest BCUT2D eigenvalue weighted by molar-refractivity contribution is 5.95. The van der Waals surface area contributed by atoms with E-state index < -0.39 is 18.3 Å². The molecule has 0 aromatic heterocycles. The average molecular weight is 516 g/mol. The summed E-state index contributed by atoms with van der Waals surface area (Å²) in [5, 5.41) is 0. The number of hydrogen-bond donors (Lipinski definition) is 0. The van der Waals surface area contributed by atoms with Crippen molar-refractivity contribution in [2.24, 2.45) is 5.92 Å². The Morgan fingerprint density at radius 3 is 2.34 bits per heavy atom. The van der Waals surface area contributed by atoms with Crippen LogP contribution in [-0.2, 0) is 20.8 Å². The Bertz CT molecular complexity index is 1330. The van der Waals surface area contributed by atoms with Crippen LogP contribution in [0.25, 0.3) is 17.2 Å². The summed E-state index contributed by atoms with van der Waals surface area (Å²) in [6.07, 6.45) is 7.42. The molecule has 198 valence electrons. The Hall–Kier alpha value is -3.93. The molecule has 1 atom stereocenters. The summed E-state index contributed by atoms with van der Waals surface area (Å²) in [4.78, 5) is 28.8. The van der Waals surface area contributed by atoms with Crippen LogP contribution in [0.15, 0.2) is 72.8 Å².